The largest absolute Gasteiger partial charge is 0.459 e. The maximum absolute atomic E-state index is 12.3. The molecule has 0 aromatic carbocycles. The quantitative estimate of drug-likeness (QED) is 0.804. The minimum atomic E-state index is -0.0606. The number of furan rings is 1. The highest BCUT2D eigenvalue weighted by Crippen LogP contribution is 2.13. The molecule has 1 fully saturated rings. The van der Waals surface area contributed by atoms with Crippen molar-refractivity contribution in [1.29, 1.82) is 0 Å². The van der Waals surface area contributed by atoms with Crippen LogP contribution in [0.15, 0.2) is 16.7 Å². The number of aryl methyl sites for hydroxylation is 1. The van der Waals surface area contributed by atoms with Gasteiger partial charge in [-0.05, 0) is 19.4 Å². The normalized spacial score (nSPS) is 15.8. The highest BCUT2D eigenvalue weighted by Gasteiger charge is 2.25. The number of nitrogens with zero attached hydrogens (tertiary/aromatic N) is 2. The number of carbonyl (C=O) groups is 2. The van der Waals surface area contributed by atoms with E-state index < -0.39 is 0 Å². The molecular formula is C16H25N3O3. The molecule has 0 spiro atoms. The molecule has 0 aliphatic carbocycles. The maximum atomic E-state index is 12.3. The first kappa shape index (κ1) is 16.5. The Morgan fingerprint density at radius 1 is 1.27 bits per heavy atom. The number of unbranched alkanes of at least 4 members (excludes halogenated alkanes) is 1. The van der Waals surface area contributed by atoms with Gasteiger partial charge in [-0.3, -0.25) is 14.5 Å². The van der Waals surface area contributed by atoms with Gasteiger partial charge in [-0.2, -0.15) is 0 Å². The van der Waals surface area contributed by atoms with Crippen LogP contribution in [-0.4, -0.2) is 60.9 Å². The van der Waals surface area contributed by atoms with E-state index in [-0.39, 0.29) is 11.8 Å². The van der Waals surface area contributed by atoms with E-state index in [0.717, 1.165) is 24.9 Å². The van der Waals surface area contributed by atoms with E-state index in [1.165, 1.54) is 0 Å². The maximum Gasteiger partial charge on any atom is 0.289 e. The van der Waals surface area contributed by atoms with Crippen molar-refractivity contribution < 1.29 is 14.0 Å². The topological polar surface area (TPSA) is 65.8 Å². The number of carbonyl (C=O) groups excluding carboxylic acids is 2. The van der Waals surface area contributed by atoms with Crippen molar-refractivity contribution in [2.45, 2.75) is 26.7 Å². The number of hydrogen-bond acceptors (Lipinski definition) is 4. The molecule has 0 atom stereocenters. The van der Waals surface area contributed by atoms with Gasteiger partial charge >= 0.3 is 0 Å². The first-order chi connectivity index (χ1) is 10.6. The molecular weight excluding hydrogens is 282 g/mol. The molecule has 1 N–H and O–H groups in total. The van der Waals surface area contributed by atoms with Gasteiger partial charge < -0.3 is 14.6 Å². The van der Waals surface area contributed by atoms with Gasteiger partial charge in [0.1, 0.15) is 0 Å². The molecule has 0 radical (unpaired) electrons. The van der Waals surface area contributed by atoms with Crippen molar-refractivity contribution in [2.75, 3.05) is 39.3 Å². The summed E-state index contributed by atoms with van der Waals surface area (Å²) in [6, 6.07) is 1.80. The van der Waals surface area contributed by atoms with Crippen molar-refractivity contribution in [3.05, 3.63) is 23.7 Å². The van der Waals surface area contributed by atoms with Crippen LogP contribution in [0.4, 0.5) is 0 Å². The smallest absolute Gasteiger partial charge is 0.289 e. The molecule has 1 saturated heterocycles. The van der Waals surface area contributed by atoms with E-state index >= 15 is 0 Å². The molecule has 22 heavy (non-hydrogen) atoms. The van der Waals surface area contributed by atoms with E-state index in [0.29, 0.717) is 38.5 Å². The SMILES string of the molecule is CCCCNC(=O)CN1CCN(C(=O)c2occc2C)CC1. The Bertz CT molecular complexity index is 504. The van der Waals surface area contributed by atoms with Crippen molar-refractivity contribution in [1.82, 2.24) is 15.1 Å². The zero-order valence-corrected chi connectivity index (χ0v) is 13.4. The first-order valence-corrected chi connectivity index (χ1v) is 7.94. The lowest BCUT2D eigenvalue weighted by molar-refractivity contribution is -0.122. The molecule has 0 unspecified atom stereocenters. The molecule has 0 saturated carbocycles. The van der Waals surface area contributed by atoms with E-state index in [1.807, 2.05) is 6.92 Å². The third kappa shape index (κ3) is 4.34. The monoisotopic (exact) mass is 307 g/mol. The number of rotatable bonds is 6. The van der Waals surface area contributed by atoms with Gasteiger partial charge in [0.05, 0.1) is 12.8 Å². The third-order valence-electron chi connectivity index (χ3n) is 3.94. The Balaban J connectivity index is 1.75. The minimum absolute atomic E-state index is 0.0606. The standard InChI is InChI=1S/C16H25N3O3/c1-3-4-6-17-14(20)12-18-7-9-19(10-8-18)16(21)15-13(2)5-11-22-15/h5,11H,3-4,6-10,12H2,1-2H3,(H,17,20). The highest BCUT2D eigenvalue weighted by atomic mass is 16.3. The van der Waals surface area contributed by atoms with Crippen LogP contribution in [0.2, 0.25) is 0 Å². The average Bonchev–Trinajstić information content (AvgIpc) is 2.94. The van der Waals surface area contributed by atoms with Crippen LogP contribution < -0.4 is 5.32 Å². The van der Waals surface area contributed by atoms with Crippen LogP contribution >= 0.6 is 0 Å². The minimum Gasteiger partial charge on any atom is -0.459 e. The Hall–Kier alpha value is -1.82. The van der Waals surface area contributed by atoms with Crippen LogP contribution in [0.5, 0.6) is 0 Å². The summed E-state index contributed by atoms with van der Waals surface area (Å²) >= 11 is 0. The van der Waals surface area contributed by atoms with Crippen LogP contribution in [0, 0.1) is 6.92 Å². The molecule has 6 nitrogen and oxygen atoms in total. The van der Waals surface area contributed by atoms with Crippen molar-refractivity contribution in [3.63, 3.8) is 0 Å². The van der Waals surface area contributed by atoms with Gasteiger partial charge in [0, 0.05) is 38.3 Å². The fourth-order valence-electron chi connectivity index (χ4n) is 2.51. The first-order valence-electron chi connectivity index (χ1n) is 7.94. The van der Waals surface area contributed by atoms with Gasteiger partial charge in [0.25, 0.3) is 5.91 Å². The van der Waals surface area contributed by atoms with Crippen LogP contribution in [0.1, 0.15) is 35.9 Å². The fourth-order valence-corrected chi connectivity index (χ4v) is 2.51. The van der Waals surface area contributed by atoms with E-state index in [2.05, 4.69) is 17.1 Å². The van der Waals surface area contributed by atoms with Crippen molar-refractivity contribution >= 4 is 11.8 Å². The zero-order valence-electron chi connectivity index (χ0n) is 13.4. The van der Waals surface area contributed by atoms with Crippen LogP contribution in [0.25, 0.3) is 0 Å². The van der Waals surface area contributed by atoms with Crippen LogP contribution in [0.3, 0.4) is 0 Å². The third-order valence-corrected chi connectivity index (χ3v) is 3.94. The Morgan fingerprint density at radius 3 is 2.59 bits per heavy atom. The highest BCUT2D eigenvalue weighted by molar-refractivity contribution is 5.92. The second-order valence-corrected chi connectivity index (χ2v) is 5.70. The number of amides is 2. The summed E-state index contributed by atoms with van der Waals surface area (Å²) in [5.41, 5.74) is 0.864. The molecule has 6 heteroatoms. The molecule has 2 heterocycles. The van der Waals surface area contributed by atoms with Crippen molar-refractivity contribution in [2.24, 2.45) is 0 Å². The van der Waals surface area contributed by atoms with Gasteiger partial charge in [0.2, 0.25) is 5.91 Å². The summed E-state index contributed by atoms with van der Waals surface area (Å²) in [5.74, 6) is 0.426. The molecule has 2 rings (SSSR count). The van der Waals surface area contributed by atoms with E-state index in [1.54, 1.807) is 17.2 Å². The molecule has 1 aliphatic heterocycles. The molecule has 2 amide bonds. The molecule has 1 aromatic heterocycles. The van der Waals surface area contributed by atoms with Crippen molar-refractivity contribution in [3.8, 4) is 0 Å². The summed E-state index contributed by atoms with van der Waals surface area (Å²) in [5, 5.41) is 2.92. The molecule has 1 aromatic rings. The van der Waals surface area contributed by atoms with E-state index in [9.17, 15) is 9.59 Å². The number of piperazine rings is 1. The summed E-state index contributed by atoms with van der Waals surface area (Å²) in [4.78, 5) is 28.0. The number of nitrogens with one attached hydrogen (secondary N) is 1. The fraction of sp³-hybridized carbons (Fsp3) is 0.625. The predicted octanol–water partition coefficient (Wildman–Crippen LogP) is 1.26. The van der Waals surface area contributed by atoms with Gasteiger partial charge in [0.15, 0.2) is 5.76 Å². The van der Waals surface area contributed by atoms with Crippen LogP contribution in [-0.2, 0) is 4.79 Å². The lowest BCUT2D eigenvalue weighted by atomic mass is 10.2. The Labute approximate surface area is 131 Å². The summed E-state index contributed by atoms with van der Waals surface area (Å²) < 4.78 is 5.26. The van der Waals surface area contributed by atoms with Gasteiger partial charge in [-0.1, -0.05) is 13.3 Å². The second-order valence-electron chi connectivity index (χ2n) is 5.70. The van der Waals surface area contributed by atoms with Gasteiger partial charge in [-0.25, -0.2) is 0 Å². The average molecular weight is 307 g/mol. The molecule has 122 valence electrons. The second kappa shape index (κ2) is 7.98. The Morgan fingerprint density at radius 2 is 2.00 bits per heavy atom. The molecule has 0 bridgehead atoms. The van der Waals surface area contributed by atoms with Gasteiger partial charge in [-0.15, -0.1) is 0 Å². The Kier molecular flexibility index (Phi) is 6.00. The zero-order chi connectivity index (χ0) is 15.9. The lowest BCUT2D eigenvalue weighted by Crippen LogP contribution is -2.51. The summed E-state index contributed by atoms with van der Waals surface area (Å²) in [7, 11) is 0. The summed E-state index contributed by atoms with van der Waals surface area (Å²) in [6.07, 6.45) is 3.63. The van der Waals surface area contributed by atoms with E-state index in [4.69, 9.17) is 4.42 Å². The number of hydrogen-bond donors (Lipinski definition) is 1. The molecule has 1 aliphatic rings. The summed E-state index contributed by atoms with van der Waals surface area (Å²) in [6.45, 7) is 7.80. The lowest BCUT2D eigenvalue weighted by Gasteiger charge is -2.33. The predicted molar refractivity (Wildman–Crippen MR) is 83.7 cm³/mol.